The summed E-state index contributed by atoms with van der Waals surface area (Å²) in [5.41, 5.74) is 0. The molecule has 0 spiro atoms. The predicted octanol–water partition coefficient (Wildman–Crippen LogP) is 13.3. The molecule has 0 aliphatic heterocycles. The van der Waals surface area contributed by atoms with Crippen molar-refractivity contribution in [2.24, 2.45) is 0 Å². The van der Waals surface area contributed by atoms with Gasteiger partial charge in [0.2, 0.25) is 0 Å². The van der Waals surface area contributed by atoms with E-state index in [4.69, 9.17) is 23.6 Å². The Morgan fingerprint density at radius 3 is 1.29 bits per heavy atom. The number of hydrogen-bond donors (Lipinski definition) is 3. The largest absolute Gasteiger partial charge is 0.472 e. The van der Waals surface area contributed by atoms with Gasteiger partial charge in [-0.15, -0.1) is 0 Å². The molecule has 0 aromatic rings. The molecule has 0 aromatic heterocycles. The Bertz CT molecular complexity index is 1410. The fraction of sp³-hybridized carbons (Fsp3) is 0.615. The third-order valence-electron chi connectivity index (χ3n) is 9.42. The van der Waals surface area contributed by atoms with Crippen LogP contribution in [0, 0.1) is 0 Å². The van der Waals surface area contributed by atoms with E-state index in [-0.39, 0.29) is 19.4 Å². The minimum Gasteiger partial charge on any atom is -0.462 e. The summed E-state index contributed by atoms with van der Waals surface area (Å²) in [7, 11) is -4.65. The van der Waals surface area contributed by atoms with Crippen molar-refractivity contribution in [2.45, 2.75) is 180 Å². The molecule has 0 saturated heterocycles. The van der Waals surface area contributed by atoms with E-state index < -0.39 is 51.8 Å². The molecular formula is C52H85O10P. The van der Waals surface area contributed by atoms with Crippen LogP contribution in [0.4, 0.5) is 0 Å². The van der Waals surface area contributed by atoms with Crippen LogP contribution in [0.5, 0.6) is 0 Å². The maximum atomic E-state index is 12.6. The van der Waals surface area contributed by atoms with Crippen LogP contribution >= 0.6 is 7.82 Å². The fourth-order valence-electron chi connectivity index (χ4n) is 5.84. The van der Waals surface area contributed by atoms with Gasteiger partial charge in [-0.3, -0.25) is 18.6 Å². The van der Waals surface area contributed by atoms with E-state index in [2.05, 4.69) is 111 Å². The normalized spacial score (nSPS) is 14.7. The topological polar surface area (TPSA) is 149 Å². The third kappa shape index (κ3) is 46.4. The number of phosphoric acid groups is 1. The van der Waals surface area contributed by atoms with Gasteiger partial charge < -0.3 is 24.6 Å². The highest BCUT2D eigenvalue weighted by atomic mass is 31.2. The maximum absolute atomic E-state index is 12.6. The van der Waals surface area contributed by atoms with E-state index in [1.54, 1.807) is 0 Å². The molecule has 0 radical (unpaired) electrons. The van der Waals surface area contributed by atoms with Gasteiger partial charge >= 0.3 is 19.8 Å². The molecule has 3 N–H and O–H groups in total. The average Bonchev–Trinajstić information content (AvgIpc) is 3.27. The second-order valence-corrected chi connectivity index (χ2v) is 16.8. The molecule has 0 aliphatic carbocycles. The first-order valence-electron chi connectivity index (χ1n) is 23.8. The summed E-state index contributed by atoms with van der Waals surface area (Å²) in [6, 6.07) is 0. The van der Waals surface area contributed by atoms with Gasteiger partial charge in [-0.2, -0.15) is 0 Å². The van der Waals surface area contributed by atoms with Crippen molar-refractivity contribution < 1.29 is 47.8 Å². The monoisotopic (exact) mass is 901 g/mol. The molecule has 0 amide bonds. The highest BCUT2D eigenvalue weighted by molar-refractivity contribution is 7.47. The van der Waals surface area contributed by atoms with Gasteiger partial charge in [0, 0.05) is 12.8 Å². The van der Waals surface area contributed by atoms with Crippen molar-refractivity contribution >= 4 is 19.8 Å². The Labute approximate surface area is 382 Å². The molecule has 3 unspecified atom stereocenters. The number of aliphatic hydroxyl groups is 2. The van der Waals surface area contributed by atoms with Crippen LogP contribution in [-0.4, -0.2) is 65.7 Å². The summed E-state index contributed by atoms with van der Waals surface area (Å²) in [6.07, 6.45) is 59.2. The Morgan fingerprint density at radius 2 is 0.841 bits per heavy atom. The van der Waals surface area contributed by atoms with E-state index in [1.165, 1.54) is 38.5 Å². The van der Waals surface area contributed by atoms with E-state index in [0.717, 1.165) is 83.5 Å². The zero-order chi connectivity index (χ0) is 46.2. The molecular weight excluding hydrogens is 816 g/mol. The van der Waals surface area contributed by atoms with Gasteiger partial charge in [0.05, 0.1) is 19.8 Å². The average molecular weight is 901 g/mol. The van der Waals surface area contributed by atoms with Crippen molar-refractivity contribution in [3.8, 4) is 0 Å². The molecule has 0 bridgehead atoms. The number of carbonyl (C=O) groups excluding carboxylic acids is 2. The van der Waals surface area contributed by atoms with Crippen LogP contribution in [0.15, 0.2) is 109 Å². The number of ether oxygens (including phenoxy) is 2. The summed E-state index contributed by atoms with van der Waals surface area (Å²) in [5, 5.41) is 18.4. The van der Waals surface area contributed by atoms with Crippen molar-refractivity contribution in [2.75, 3.05) is 26.4 Å². The van der Waals surface area contributed by atoms with Gasteiger partial charge in [-0.05, 0) is 89.9 Å². The number of rotatable bonds is 43. The molecule has 0 saturated carbocycles. The summed E-state index contributed by atoms with van der Waals surface area (Å²) < 4.78 is 32.7. The summed E-state index contributed by atoms with van der Waals surface area (Å²) in [5.74, 6) is -1.01. The second-order valence-electron chi connectivity index (χ2n) is 15.4. The van der Waals surface area contributed by atoms with Crippen LogP contribution in [0.1, 0.15) is 168 Å². The SMILES string of the molecule is CC/C=C\C/C=C\C/C=C\C/C=C\C/C=C\CCCC(=O)OC(COC(=O)CCCCCCCCCCCC/C=C\C/C=C\C/C=C\C/C=C\CC)COP(=O)(O)OCC(O)CO. The van der Waals surface area contributed by atoms with Gasteiger partial charge in [0.25, 0.3) is 0 Å². The molecule has 3 atom stereocenters. The van der Waals surface area contributed by atoms with E-state index in [9.17, 15) is 24.2 Å². The van der Waals surface area contributed by atoms with Gasteiger partial charge in [0.1, 0.15) is 12.7 Å². The van der Waals surface area contributed by atoms with Crippen LogP contribution in [0.2, 0.25) is 0 Å². The molecule has 0 fully saturated rings. The molecule has 358 valence electrons. The lowest BCUT2D eigenvalue weighted by atomic mass is 10.1. The van der Waals surface area contributed by atoms with E-state index >= 15 is 0 Å². The zero-order valence-corrected chi connectivity index (χ0v) is 39.9. The predicted molar refractivity (Wildman–Crippen MR) is 260 cm³/mol. The Kier molecular flexibility index (Phi) is 44.1. The molecule has 10 nitrogen and oxygen atoms in total. The van der Waals surface area contributed by atoms with Crippen molar-refractivity contribution in [3.05, 3.63) is 109 Å². The van der Waals surface area contributed by atoms with E-state index in [1.807, 2.05) is 12.2 Å². The quantitative estimate of drug-likeness (QED) is 0.0234. The van der Waals surface area contributed by atoms with Crippen LogP contribution < -0.4 is 0 Å². The minimum atomic E-state index is -4.65. The van der Waals surface area contributed by atoms with Crippen LogP contribution in [0.3, 0.4) is 0 Å². The number of esters is 2. The number of carbonyl (C=O) groups is 2. The lowest BCUT2D eigenvalue weighted by Gasteiger charge is -2.20. The van der Waals surface area contributed by atoms with Crippen molar-refractivity contribution in [1.29, 1.82) is 0 Å². The lowest BCUT2D eigenvalue weighted by molar-refractivity contribution is -0.161. The molecule has 0 aliphatic rings. The highest BCUT2D eigenvalue weighted by Crippen LogP contribution is 2.43. The van der Waals surface area contributed by atoms with Gasteiger partial charge in [-0.1, -0.05) is 175 Å². The smallest absolute Gasteiger partial charge is 0.462 e. The Morgan fingerprint density at radius 1 is 0.476 bits per heavy atom. The molecule has 0 heterocycles. The summed E-state index contributed by atoms with van der Waals surface area (Å²) >= 11 is 0. The van der Waals surface area contributed by atoms with Gasteiger partial charge in [-0.25, -0.2) is 4.57 Å². The highest BCUT2D eigenvalue weighted by Gasteiger charge is 2.27. The number of hydrogen-bond acceptors (Lipinski definition) is 9. The molecule has 63 heavy (non-hydrogen) atoms. The van der Waals surface area contributed by atoms with Crippen LogP contribution in [0.25, 0.3) is 0 Å². The number of phosphoric ester groups is 1. The summed E-state index contributed by atoms with van der Waals surface area (Å²) in [4.78, 5) is 35.1. The third-order valence-corrected chi connectivity index (χ3v) is 10.4. The minimum absolute atomic E-state index is 0.0986. The number of aliphatic hydroxyl groups excluding tert-OH is 2. The lowest BCUT2D eigenvalue weighted by Crippen LogP contribution is -2.29. The van der Waals surface area contributed by atoms with Crippen molar-refractivity contribution in [3.63, 3.8) is 0 Å². The fourth-order valence-corrected chi connectivity index (χ4v) is 6.63. The van der Waals surface area contributed by atoms with Gasteiger partial charge in [0.15, 0.2) is 6.10 Å². The standard InChI is InChI=1S/C52H85O10P/c1-3-5-7-9-11-13-15-17-19-21-22-23-24-25-26-28-29-31-33-35-37-39-41-43-51(55)59-47-50(48-61-63(57,58)60-46-49(54)45-53)62-52(56)44-42-40-38-36-34-32-30-27-20-18-16-14-12-10-8-6-4-2/h5-8,11-14,17-20,22-23,30,32,36,38,49-50,53-54H,3-4,9-10,15-16,21,24-29,31,33-35,37,39-48H2,1-2H3,(H,57,58)/b7-5-,8-6-,13-11-,14-12-,19-17-,20-18-,23-22-,32-30-,38-36-. The Balaban J connectivity index is 4.31. The first-order valence-corrected chi connectivity index (χ1v) is 25.3. The Hall–Kier alpha value is -3.37. The van der Waals surface area contributed by atoms with E-state index in [0.29, 0.717) is 19.3 Å². The number of allylic oxidation sites excluding steroid dienone is 18. The zero-order valence-electron chi connectivity index (χ0n) is 39.0. The summed E-state index contributed by atoms with van der Waals surface area (Å²) in [6.45, 7) is 2.07. The van der Waals surface area contributed by atoms with Crippen LogP contribution in [-0.2, 0) is 32.7 Å². The molecule has 11 heteroatoms. The first-order chi connectivity index (χ1) is 30.7. The maximum Gasteiger partial charge on any atom is 0.472 e. The molecule has 0 aromatic carbocycles. The second kappa shape index (κ2) is 46.6. The first kappa shape index (κ1) is 59.6. The molecule has 0 rings (SSSR count). The number of unbranched alkanes of at least 4 members (excludes halogenated alkanes) is 11. The van der Waals surface area contributed by atoms with Crippen molar-refractivity contribution in [1.82, 2.24) is 0 Å².